The van der Waals surface area contributed by atoms with E-state index in [2.05, 4.69) is 12.6 Å². The molecule has 0 aromatic heterocycles. The van der Waals surface area contributed by atoms with Gasteiger partial charge < -0.3 is 9.47 Å². The molecule has 0 fully saturated rings. The number of ether oxygens (including phenoxy) is 2. The Morgan fingerprint density at radius 2 is 1.93 bits per heavy atom. The van der Waals surface area contributed by atoms with Gasteiger partial charge >= 0.3 is 0 Å². The number of fused-ring (bicyclic) bond motifs is 3. The van der Waals surface area contributed by atoms with Crippen LogP contribution < -0.4 is 9.47 Å². The van der Waals surface area contributed by atoms with Crippen molar-refractivity contribution in [1.82, 2.24) is 0 Å². The van der Waals surface area contributed by atoms with Crippen LogP contribution in [0.15, 0.2) is 49.1 Å². The Morgan fingerprint density at radius 3 is 2.80 bits per heavy atom. The summed E-state index contributed by atoms with van der Waals surface area (Å²) in [4.78, 5) is 0. The van der Waals surface area contributed by atoms with Crippen molar-refractivity contribution in [3.05, 3.63) is 49.1 Å². The molecule has 1 aliphatic rings. The Bertz CT molecular complexity index is 531. The highest BCUT2D eigenvalue weighted by Crippen LogP contribution is 2.40. The molecule has 0 N–H and O–H groups in total. The molecule has 2 aromatic carbocycles. The van der Waals surface area contributed by atoms with Crippen LogP contribution in [-0.4, -0.2) is 6.29 Å². The zero-order valence-electron chi connectivity index (χ0n) is 8.14. The average molecular weight is 198 g/mol. The third kappa shape index (κ3) is 1.18. The minimum absolute atomic E-state index is 0.356. The van der Waals surface area contributed by atoms with Gasteiger partial charge in [-0.25, -0.2) is 0 Å². The Labute approximate surface area is 87.7 Å². The van der Waals surface area contributed by atoms with E-state index < -0.39 is 0 Å². The summed E-state index contributed by atoms with van der Waals surface area (Å²) in [7, 11) is 0. The summed E-state index contributed by atoms with van der Waals surface area (Å²) in [6.07, 6.45) is 1.29. The number of benzene rings is 2. The SMILES string of the molecule is C=CC1Oc2ccc3ccccc3c2O1. The zero-order valence-corrected chi connectivity index (χ0v) is 8.14. The van der Waals surface area contributed by atoms with Crippen LogP contribution >= 0.6 is 0 Å². The maximum Gasteiger partial charge on any atom is 0.260 e. The molecule has 74 valence electrons. The largest absolute Gasteiger partial charge is 0.447 e. The quantitative estimate of drug-likeness (QED) is 0.655. The van der Waals surface area contributed by atoms with Crippen molar-refractivity contribution in [3.8, 4) is 11.5 Å². The molecule has 0 aliphatic carbocycles. The molecule has 0 amide bonds. The van der Waals surface area contributed by atoms with Crippen molar-refractivity contribution in [2.24, 2.45) is 0 Å². The Balaban J connectivity index is 2.24. The lowest BCUT2D eigenvalue weighted by Crippen LogP contribution is -2.13. The molecule has 1 heterocycles. The summed E-state index contributed by atoms with van der Waals surface area (Å²) in [6, 6.07) is 12.1. The minimum Gasteiger partial charge on any atom is -0.447 e. The topological polar surface area (TPSA) is 18.5 Å². The van der Waals surface area contributed by atoms with Gasteiger partial charge in [-0.15, -0.1) is 0 Å². The third-order valence-electron chi connectivity index (χ3n) is 2.51. The lowest BCUT2D eigenvalue weighted by molar-refractivity contribution is 0.0963. The molecule has 1 atom stereocenters. The van der Waals surface area contributed by atoms with Crippen molar-refractivity contribution in [2.75, 3.05) is 0 Å². The molecule has 2 aromatic rings. The number of rotatable bonds is 1. The third-order valence-corrected chi connectivity index (χ3v) is 2.51. The second-order valence-electron chi connectivity index (χ2n) is 3.45. The van der Waals surface area contributed by atoms with Crippen LogP contribution in [0.3, 0.4) is 0 Å². The smallest absolute Gasteiger partial charge is 0.260 e. The summed E-state index contributed by atoms with van der Waals surface area (Å²) in [5, 5.41) is 2.24. The molecule has 0 bridgehead atoms. The molecule has 2 nitrogen and oxygen atoms in total. The van der Waals surface area contributed by atoms with Crippen LogP contribution in [0.25, 0.3) is 10.8 Å². The van der Waals surface area contributed by atoms with E-state index in [1.165, 1.54) is 0 Å². The highest BCUT2D eigenvalue weighted by molar-refractivity contribution is 5.91. The van der Waals surface area contributed by atoms with E-state index in [-0.39, 0.29) is 6.29 Å². The van der Waals surface area contributed by atoms with Gasteiger partial charge in [-0.05, 0) is 17.5 Å². The zero-order chi connectivity index (χ0) is 10.3. The summed E-state index contributed by atoms with van der Waals surface area (Å²) in [5.74, 6) is 1.61. The Kier molecular flexibility index (Phi) is 1.68. The molecule has 1 unspecified atom stereocenters. The lowest BCUT2D eigenvalue weighted by atomic mass is 10.1. The molecule has 2 heteroatoms. The Morgan fingerprint density at radius 1 is 1.07 bits per heavy atom. The molecule has 0 saturated heterocycles. The minimum atomic E-state index is -0.356. The van der Waals surface area contributed by atoms with E-state index in [9.17, 15) is 0 Å². The van der Waals surface area contributed by atoms with Crippen molar-refractivity contribution >= 4 is 10.8 Å². The van der Waals surface area contributed by atoms with Crippen molar-refractivity contribution < 1.29 is 9.47 Å². The van der Waals surface area contributed by atoms with Gasteiger partial charge in [0.1, 0.15) is 0 Å². The molecule has 0 saturated carbocycles. The summed E-state index contributed by atoms with van der Waals surface area (Å²) in [5.41, 5.74) is 0. The van der Waals surface area contributed by atoms with Crippen LogP contribution in [-0.2, 0) is 0 Å². The van der Waals surface area contributed by atoms with E-state index in [0.717, 1.165) is 22.3 Å². The highest BCUT2D eigenvalue weighted by Gasteiger charge is 2.23. The standard InChI is InChI=1S/C13H10O2/c1-2-12-14-11-8-7-9-5-3-4-6-10(9)13(11)15-12/h2-8,12H,1H2. The van der Waals surface area contributed by atoms with E-state index in [4.69, 9.17) is 9.47 Å². The Hall–Kier alpha value is -1.96. The fraction of sp³-hybridized carbons (Fsp3) is 0.0769. The molecule has 0 radical (unpaired) electrons. The van der Waals surface area contributed by atoms with Crippen LogP contribution in [0.5, 0.6) is 11.5 Å². The van der Waals surface area contributed by atoms with E-state index >= 15 is 0 Å². The first kappa shape index (κ1) is 8.36. The van der Waals surface area contributed by atoms with Gasteiger partial charge in [-0.1, -0.05) is 36.9 Å². The predicted octanol–water partition coefficient (Wildman–Crippen LogP) is 3.12. The van der Waals surface area contributed by atoms with Gasteiger partial charge in [0, 0.05) is 5.39 Å². The monoisotopic (exact) mass is 198 g/mol. The van der Waals surface area contributed by atoms with Gasteiger partial charge in [-0.3, -0.25) is 0 Å². The van der Waals surface area contributed by atoms with Crippen molar-refractivity contribution in [2.45, 2.75) is 6.29 Å². The van der Waals surface area contributed by atoms with Crippen LogP contribution in [0.1, 0.15) is 0 Å². The normalized spacial score (nSPS) is 18.0. The highest BCUT2D eigenvalue weighted by atomic mass is 16.7. The molecule has 0 spiro atoms. The summed E-state index contributed by atoms with van der Waals surface area (Å²) < 4.78 is 11.2. The van der Waals surface area contributed by atoms with Gasteiger partial charge in [0.2, 0.25) is 0 Å². The van der Waals surface area contributed by atoms with E-state index in [0.29, 0.717) is 0 Å². The van der Waals surface area contributed by atoms with Crippen LogP contribution in [0, 0.1) is 0 Å². The fourth-order valence-corrected chi connectivity index (χ4v) is 1.80. The van der Waals surface area contributed by atoms with Crippen LogP contribution in [0.2, 0.25) is 0 Å². The average Bonchev–Trinajstić information content (AvgIpc) is 2.72. The second kappa shape index (κ2) is 3.02. The molecule has 1 aliphatic heterocycles. The van der Waals surface area contributed by atoms with Gasteiger partial charge in [0.25, 0.3) is 6.29 Å². The molecule has 3 rings (SSSR count). The molecule has 15 heavy (non-hydrogen) atoms. The first-order valence-corrected chi connectivity index (χ1v) is 4.86. The predicted molar refractivity (Wildman–Crippen MR) is 59.2 cm³/mol. The lowest BCUT2D eigenvalue weighted by Gasteiger charge is -2.03. The fourth-order valence-electron chi connectivity index (χ4n) is 1.80. The molecular weight excluding hydrogens is 188 g/mol. The first-order valence-electron chi connectivity index (χ1n) is 4.86. The number of hydrogen-bond acceptors (Lipinski definition) is 2. The second-order valence-corrected chi connectivity index (χ2v) is 3.45. The summed E-state index contributed by atoms with van der Waals surface area (Å²) in [6.45, 7) is 3.66. The van der Waals surface area contributed by atoms with E-state index in [1.54, 1.807) is 6.08 Å². The molecular formula is C13H10O2. The van der Waals surface area contributed by atoms with Gasteiger partial charge in [0.05, 0.1) is 0 Å². The van der Waals surface area contributed by atoms with Crippen LogP contribution in [0.4, 0.5) is 0 Å². The summed E-state index contributed by atoms with van der Waals surface area (Å²) >= 11 is 0. The van der Waals surface area contributed by atoms with Gasteiger partial charge in [-0.2, -0.15) is 0 Å². The first-order chi connectivity index (χ1) is 7.38. The van der Waals surface area contributed by atoms with E-state index in [1.807, 2.05) is 30.3 Å². The maximum atomic E-state index is 5.63. The van der Waals surface area contributed by atoms with Crippen molar-refractivity contribution in [1.29, 1.82) is 0 Å². The maximum absolute atomic E-state index is 5.63. The number of hydrogen-bond donors (Lipinski definition) is 0. The van der Waals surface area contributed by atoms with Gasteiger partial charge in [0.15, 0.2) is 11.5 Å². The van der Waals surface area contributed by atoms with Crippen molar-refractivity contribution in [3.63, 3.8) is 0 Å².